The number of ether oxygens (including phenoxy) is 2. The Morgan fingerprint density at radius 2 is 1.97 bits per heavy atom. The predicted molar refractivity (Wildman–Crippen MR) is 108 cm³/mol. The molecule has 0 bridgehead atoms. The van der Waals surface area contributed by atoms with Crippen molar-refractivity contribution in [1.82, 2.24) is 10.3 Å². The van der Waals surface area contributed by atoms with E-state index in [9.17, 15) is 9.59 Å². The Kier molecular flexibility index (Phi) is 5.90. The van der Waals surface area contributed by atoms with Gasteiger partial charge in [-0.25, -0.2) is 4.98 Å². The summed E-state index contributed by atoms with van der Waals surface area (Å²) in [7, 11) is 0. The lowest BCUT2D eigenvalue weighted by Crippen LogP contribution is -2.41. The quantitative estimate of drug-likeness (QED) is 0.794. The minimum Gasteiger partial charge on any atom is -0.482 e. The van der Waals surface area contributed by atoms with Gasteiger partial charge in [-0.15, -0.1) is 0 Å². The normalized spacial score (nSPS) is 16.2. The van der Waals surface area contributed by atoms with Crippen LogP contribution in [0.25, 0.3) is 0 Å². The number of aromatic nitrogens is 1. The van der Waals surface area contributed by atoms with Crippen molar-refractivity contribution in [3.63, 3.8) is 0 Å². The Hall–Kier alpha value is -3.13. The number of rotatable bonds is 6. The third kappa shape index (κ3) is 4.65. The average Bonchev–Trinajstić information content (AvgIpc) is 2.78. The maximum absolute atomic E-state index is 12.3. The molecule has 2 amide bonds. The van der Waals surface area contributed by atoms with E-state index >= 15 is 0 Å². The van der Waals surface area contributed by atoms with Crippen LogP contribution >= 0.6 is 0 Å². The number of anilines is 2. The van der Waals surface area contributed by atoms with E-state index < -0.39 is 0 Å². The highest BCUT2D eigenvalue weighted by Crippen LogP contribution is 2.31. The highest BCUT2D eigenvalue weighted by molar-refractivity contribution is 5.98. The van der Waals surface area contributed by atoms with Gasteiger partial charge in [0, 0.05) is 38.8 Å². The van der Waals surface area contributed by atoms with Crippen molar-refractivity contribution in [2.45, 2.75) is 13.0 Å². The predicted octanol–water partition coefficient (Wildman–Crippen LogP) is 1.35. The molecular weight excluding hydrogens is 372 g/mol. The molecule has 3 heterocycles. The molecule has 2 aromatic rings. The molecule has 1 N–H and O–H groups in total. The number of nitrogens with one attached hydrogen (secondary N) is 1. The van der Waals surface area contributed by atoms with E-state index in [0.29, 0.717) is 24.5 Å². The van der Waals surface area contributed by atoms with E-state index in [0.717, 1.165) is 37.7 Å². The topological polar surface area (TPSA) is 84.0 Å². The standard InChI is InChI=1S/C21H24N4O4/c26-20(7-8-25-17-3-1-2-4-18(17)29-15-21(25)27)23-14-16-5-6-19(22-13-16)24-9-11-28-12-10-24/h1-6,13H,7-12,14-15H2,(H,23,26). The van der Waals surface area contributed by atoms with Crippen LogP contribution in [0.5, 0.6) is 5.75 Å². The van der Waals surface area contributed by atoms with E-state index in [2.05, 4.69) is 15.2 Å². The molecule has 29 heavy (non-hydrogen) atoms. The molecule has 0 saturated carbocycles. The molecule has 0 unspecified atom stereocenters. The zero-order valence-electron chi connectivity index (χ0n) is 16.2. The van der Waals surface area contributed by atoms with Crippen LogP contribution in [0.1, 0.15) is 12.0 Å². The molecule has 0 radical (unpaired) electrons. The molecule has 8 heteroatoms. The molecule has 1 fully saturated rings. The number of amides is 2. The number of fused-ring (bicyclic) bond motifs is 1. The zero-order chi connectivity index (χ0) is 20.1. The molecule has 0 aliphatic carbocycles. The minimum atomic E-state index is -0.139. The fourth-order valence-corrected chi connectivity index (χ4v) is 3.40. The molecule has 4 rings (SSSR count). The molecule has 8 nitrogen and oxygen atoms in total. The summed E-state index contributed by atoms with van der Waals surface area (Å²) in [5, 5.41) is 2.89. The van der Waals surface area contributed by atoms with E-state index in [1.54, 1.807) is 11.1 Å². The Morgan fingerprint density at radius 3 is 2.76 bits per heavy atom. The SMILES string of the molecule is O=C(CCN1C(=O)COc2ccccc21)NCc1ccc(N2CCOCC2)nc1. The molecule has 1 saturated heterocycles. The zero-order valence-corrected chi connectivity index (χ0v) is 16.2. The number of pyridine rings is 1. The van der Waals surface area contributed by atoms with Gasteiger partial charge in [0.2, 0.25) is 5.91 Å². The van der Waals surface area contributed by atoms with Crippen molar-refractivity contribution >= 4 is 23.3 Å². The van der Waals surface area contributed by atoms with Gasteiger partial charge in [-0.05, 0) is 23.8 Å². The number of benzene rings is 1. The van der Waals surface area contributed by atoms with Crippen molar-refractivity contribution in [2.75, 3.05) is 49.3 Å². The number of morpholine rings is 1. The van der Waals surface area contributed by atoms with E-state index in [1.165, 1.54) is 0 Å². The number of carbonyl (C=O) groups is 2. The first-order chi connectivity index (χ1) is 14.2. The number of para-hydroxylation sites is 2. The van der Waals surface area contributed by atoms with Gasteiger partial charge in [0.15, 0.2) is 6.61 Å². The minimum absolute atomic E-state index is 0.000205. The summed E-state index contributed by atoms with van der Waals surface area (Å²) >= 11 is 0. The highest BCUT2D eigenvalue weighted by atomic mass is 16.5. The number of carbonyl (C=O) groups excluding carboxylic acids is 2. The van der Waals surface area contributed by atoms with Crippen LogP contribution in [0.15, 0.2) is 42.6 Å². The van der Waals surface area contributed by atoms with Crippen molar-refractivity contribution in [3.05, 3.63) is 48.2 Å². The van der Waals surface area contributed by atoms with Gasteiger partial charge in [-0.2, -0.15) is 0 Å². The van der Waals surface area contributed by atoms with Crippen LogP contribution in [0.4, 0.5) is 11.5 Å². The van der Waals surface area contributed by atoms with Gasteiger partial charge in [0.1, 0.15) is 11.6 Å². The van der Waals surface area contributed by atoms with Crippen LogP contribution in [0.2, 0.25) is 0 Å². The van der Waals surface area contributed by atoms with Gasteiger partial charge in [-0.1, -0.05) is 18.2 Å². The second-order valence-corrected chi connectivity index (χ2v) is 6.95. The summed E-state index contributed by atoms with van der Waals surface area (Å²) in [6, 6.07) is 11.3. The fraction of sp³-hybridized carbons (Fsp3) is 0.381. The summed E-state index contributed by atoms with van der Waals surface area (Å²) in [6.07, 6.45) is 2.01. The second kappa shape index (κ2) is 8.91. The largest absolute Gasteiger partial charge is 0.482 e. The van der Waals surface area contributed by atoms with Crippen molar-refractivity contribution in [2.24, 2.45) is 0 Å². The van der Waals surface area contributed by atoms with Gasteiger partial charge in [-0.3, -0.25) is 9.59 Å². The maximum Gasteiger partial charge on any atom is 0.265 e. The summed E-state index contributed by atoms with van der Waals surface area (Å²) in [6.45, 7) is 3.84. The second-order valence-electron chi connectivity index (χ2n) is 6.95. The van der Waals surface area contributed by atoms with Gasteiger partial charge in [0.05, 0.1) is 18.9 Å². The summed E-state index contributed by atoms with van der Waals surface area (Å²) in [4.78, 5) is 32.7. The maximum atomic E-state index is 12.3. The van der Waals surface area contributed by atoms with Gasteiger partial charge in [0.25, 0.3) is 5.91 Å². The molecule has 1 aromatic carbocycles. The average molecular weight is 396 g/mol. The van der Waals surface area contributed by atoms with E-state index in [4.69, 9.17) is 9.47 Å². The third-order valence-corrected chi connectivity index (χ3v) is 5.00. The molecule has 2 aliphatic heterocycles. The van der Waals surface area contributed by atoms with E-state index in [-0.39, 0.29) is 24.8 Å². The van der Waals surface area contributed by atoms with Crippen LogP contribution in [0.3, 0.4) is 0 Å². The Morgan fingerprint density at radius 1 is 1.14 bits per heavy atom. The fourth-order valence-electron chi connectivity index (χ4n) is 3.40. The highest BCUT2D eigenvalue weighted by Gasteiger charge is 2.25. The van der Waals surface area contributed by atoms with E-state index in [1.807, 2.05) is 36.4 Å². The Balaban J connectivity index is 1.27. The van der Waals surface area contributed by atoms with Crippen molar-refractivity contribution < 1.29 is 19.1 Å². The summed E-state index contributed by atoms with van der Waals surface area (Å²) in [5.41, 5.74) is 1.64. The molecule has 0 atom stereocenters. The Labute approximate surface area is 169 Å². The molecular formula is C21H24N4O4. The number of nitrogens with zero attached hydrogens (tertiary/aromatic N) is 3. The molecule has 152 valence electrons. The Bertz CT molecular complexity index is 865. The molecule has 1 aromatic heterocycles. The molecule has 0 spiro atoms. The van der Waals surface area contributed by atoms with Crippen LogP contribution < -0.4 is 19.9 Å². The lowest BCUT2D eigenvalue weighted by molar-refractivity contribution is -0.122. The first kappa shape index (κ1) is 19.2. The first-order valence-electron chi connectivity index (χ1n) is 9.77. The van der Waals surface area contributed by atoms with Crippen LogP contribution in [-0.4, -0.2) is 56.3 Å². The summed E-state index contributed by atoms with van der Waals surface area (Å²) in [5.74, 6) is 1.34. The monoisotopic (exact) mass is 396 g/mol. The van der Waals surface area contributed by atoms with Crippen LogP contribution in [-0.2, 0) is 20.9 Å². The summed E-state index contributed by atoms with van der Waals surface area (Å²) < 4.78 is 10.8. The first-order valence-corrected chi connectivity index (χ1v) is 9.77. The lowest BCUT2D eigenvalue weighted by atomic mass is 10.2. The third-order valence-electron chi connectivity index (χ3n) is 5.00. The molecule has 2 aliphatic rings. The number of hydrogen-bond donors (Lipinski definition) is 1. The lowest BCUT2D eigenvalue weighted by Gasteiger charge is -2.29. The van der Waals surface area contributed by atoms with Crippen molar-refractivity contribution in [1.29, 1.82) is 0 Å². The smallest absolute Gasteiger partial charge is 0.265 e. The van der Waals surface area contributed by atoms with Crippen LogP contribution in [0, 0.1) is 0 Å². The van der Waals surface area contributed by atoms with Gasteiger partial charge >= 0.3 is 0 Å². The van der Waals surface area contributed by atoms with Crippen molar-refractivity contribution in [3.8, 4) is 5.75 Å². The van der Waals surface area contributed by atoms with Gasteiger partial charge < -0.3 is 24.6 Å². The number of hydrogen-bond acceptors (Lipinski definition) is 6.